The molecule has 2 N–H and O–H groups in total. The maximum atomic E-state index is 11.5. The van der Waals surface area contributed by atoms with Crippen molar-refractivity contribution >= 4 is 5.97 Å². The van der Waals surface area contributed by atoms with Crippen molar-refractivity contribution < 1.29 is 14.3 Å². The van der Waals surface area contributed by atoms with Crippen molar-refractivity contribution in [3.05, 3.63) is 30.3 Å². The van der Waals surface area contributed by atoms with Crippen LogP contribution in [0.25, 0.3) is 0 Å². The average molecular weight is 237 g/mol. The Bertz CT molecular complexity index is 349. The Morgan fingerprint density at radius 1 is 1.24 bits per heavy atom. The van der Waals surface area contributed by atoms with E-state index < -0.39 is 5.41 Å². The Labute approximate surface area is 102 Å². The molecule has 1 rings (SSSR count). The summed E-state index contributed by atoms with van der Waals surface area (Å²) in [4.78, 5) is 11.5. The molecule has 0 atom stereocenters. The summed E-state index contributed by atoms with van der Waals surface area (Å²) in [6.45, 7) is 4.36. The van der Waals surface area contributed by atoms with Gasteiger partial charge in [-0.25, -0.2) is 0 Å². The van der Waals surface area contributed by atoms with E-state index in [1.807, 2.05) is 30.3 Å². The fourth-order valence-electron chi connectivity index (χ4n) is 1.09. The van der Waals surface area contributed by atoms with Crippen molar-refractivity contribution in [3.8, 4) is 5.75 Å². The summed E-state index contributed by atoms with van der Waals surface area (Å²) in [5.41, 5.74) is 4.84. The van der Waals surface area contributed by atoms with Gasteiger partial charge in [-0.3, -0.25) is 4.79 Å². The second-order valence-corrected chi connectivity index (χ2v) is 4.39. The predicted octanol–water partition coefficient (Wildman–Crippen LogP) is 1.59. The van der Waals surface area contributed by atoms with Crippen LogP contribution in [0, 0.1) is 5.41 Å². The van der Waals surface area contributed by atoms with E-state index in [1.165, 1.54) is 0 Å². The molecule has 0 aliphatic heterocycles. The van der Waals surface area contributed by atoms with Gasteiger partial charge in [0.1, 0.15) is 19.0 Å². The largest absolute Gasteiger partial charge is 0.490 e. The van der Waals surface area contributed by atoms with Crippen LogP contribution in [-0.4, -0.2) is 25.7 Å². The third-order valence-electron chi connectivity index (χ3n) is 2.39. The second kappa shape index (κ2) is 6.25. The van der Waals surface area contributed by atoms with Crippen molar-refractivity contribution in [3.63, 3.8) is 0 Å². The van der Waals surface area contributed by atoms with Crippen LogP contribution < -0.4 is 10.5 Å². The zero-order valence-corrected chi connectivity index (χ0v) is 10.3. The monoisotopic (exact) mass is 237 g/mol. The van der Waals surface area contributed by atoms with Gasteiger partial charge in [-0.05, 0) is 26.0 Å². The minimum absolute atomic E-state index is 0.233. The minimum Gasteiger partial charge on any atom is -0.490 e. The predicted molar refractivity (Wildman–Crippen MR) is 65.7 cm³/mol. The van der Waals surface area contributed by atoms with Crippen LogP contribution in [0.15, 0.2) is 30.3 Å². The topological polar surface area (TPSA) is 61.6 Å². The number of hydrogen-bond donors (Lipinski definition) is 1. The SMILES string of the molecule is CC(C)(CN)C(=O)OCCOc1ccccc1. The number of carbonyl (C=O) groups excluding carboxylic acids is 1. The lowest BCUT2D eigenvalue weighted by molar-refractivity contribution is -0.154. The van der Waals surface area contributed by atoms with Crippen LogP contribution in [0.1, 0.15) is 13.8 Å². The van der Waals surface area contributed by atoms with E-state index in [-0.39, 0.29) is 19.1 Å². The average Bonchev–Trinajstić information content (AvgIpc) is 2.35. The van der Waals surface area contributed by atoms with Crippen LogP contribution in [0.5, 0.6) is 5.75 Å². The first-order valence-corrected chi connectivity index (χ1v) is 5.61. The van der Waals surface area contributed by atoms with E-state index in [1.54, 1.807) is 13.8 Å². The van der Waals surface area contributed by atoms with E-state index in [0.717, 1.165) is 5.75 Å². The van der Waals surface area contributed by atoms with Crippen molar-refractivity contribution in [2.75, 3.05) is 19.8 Å². The Hall–Kier alpha value is -1.55. The summed E-state index contributed by atoms with van der Waals surface area (Å²) in [6, 6.07) is 9.39. The molecular weight excluding hydrogens is 218 g/mol. The van der Waals surface area contributed by atoms with Gasteiger partial charge < -0.3 is 15.2 Å². The first kappa shape index (κ1) is 13.5. The Morgan fingerprint density at radius 2 is 1.88 bits per heavy atom. The number of hydrogen-bond acceptors (Lipinski definition) is 4. The molecule has 0 amide bonds. The second-order valence-electron chi connectivity index (χ2n) is 4.39. The molecule has 4 nitrogen and oxygen atoms in total. The van der Waals surface area contributed by atoms with E-state index in [2.05, 4.69) is 0 Å². The number of rotatable bonds is 6. The molecule has 0 radical (unpaired) electrons. The minimum atomic E-state index is -0.632. The van der Waals surface area contributed by atoms with Crippen LogP contribution in [0.4, 0.5) is 0 Å². The molecule has 94 valence electrons. The molecule has 1 aromatic rings. The fraction of sp³-hybridized carbons (Fsp3) is 0.462. The fourth-order valence-corrected chi connectivity index (χ4v) is 1.09. The lowest BCUT2D eigenvalue weighted by Crippen LogP contribution is -2.35. The molecule has 0 spiro atoms. The van der Waals surface area contributed by atoms with Crippen molar-refractivity contribution in [2.45, 2.75) is 13.8 Å². The molecule has 0 heterocycles. The molecular formula is C13H19NO3. The maximum Gasteiger partial charge on any atom is 0.312 e. The summed E-state index contributed by atoms with van der Waals surface area (Å²) < 4.78 is 10.5. The zero-order chi connectivity index (χ0) is 12.7. The first-order chi connectivity index (χ1) is 8.06. The molecule has 17 heavy (non-hydrogen) atoms. The molecule has 0 saturated heterocycles. The number of ether oxygens (including phenoxy) is 2. The summed E-state index contributed by atoms with van der Waals surface area (Å²) in [6.07, 6.45) is 0. The van der Waals surface area contributed by atoms with Gasteiger partial charge in [0.25, 0.3) is 0 Å². The highest BCUT2D eigenvalue weighted by atomic mass is 16.6. The quantitative estimate of drug-likeness (QED) is 0.603. The van der Waals surface area contributed by atoms with Crippen molar-refractivity contribution in [1.29, 1.82) is 0 Å². The van der Waals surface area contributed by atoms with Gasteiger partial charge in [0.15, 0.2) is 0 Å². The molecule has 4 heteroatoms. The number of para-hydroxylation sites is 1. The van der Waals surface area contributed by atoms with E-state index in [9.17, 15) is 4.79 Å². The van der Waals surface area contributed by atoms with Crippen LogP contribution in [0.3, 0.4) is 0 Å². The molecule has 0 unspecified atom stereocenters. The maximum absolute atomic E-state index is 11.5. The molecule has 0 fully saturated rings. The lowest BCUT2D eigenvalue weighted by Gasteiger charge is -2.20. The van der Waals surface area contributed by atoms with Crippen LogP contribution in [0.2, 0.25) is 0 Å². The van der Waals surface area contributed by atoms with E-state index >= 15 is 0 Å². The molecule has 1 aromatic carbocycles. The third-order valence-corrected chi connectivity index (χ3v) is 2.39. The first-order valence-electron chi connectivity index (χ1n) is 5.61. The Kier molecular flexibility index (Phi) is 4.97. The number of carbonyl (C=O) groups is 1. The van der Waals surface area contributed by atoms with E-state index in [4.69, 9.17) is 15.2 Å². The van der Waals surface area contributed by atoms with Crippen molar-refractivity contribution in [2.24, 2.45) is 11.1 Å². The van der Waals surface area contributed by atoms with Gasteiger partial charge in [-0.2, -0.15) is 0 Å². The smallest absolute Gasteiger partial charge is 0.312 e. The van der Waals surface area contributed by atoms with Crippen molar-refractivity contribution in [1.82, 2.24) is 0 Å². The number of nitrogens with two attached hydrogens (primary N) is 1. The summed E-state index contributed by atoms with van der Waals surface area (Å²) in [7, 11) is 0. The third kappa shape index (κ3) is 4.44. The highest BCUT2D eigenvalue weighted by molar-refractivity contribution is 5.76. The van der Waals surface area contributed by atoms with Gasteiger partial charge in [0, 0.05) is 6.54 Å². The van der Waals surface area contributed by atoms with E-state index in [0.29, 0.717) is 6.61 Å². The standard InChI is InChI=1S/C13H19NO3/c1-13(2,10-14)12(15)17-9-8-16-11-6-4-3-5-7-11/h3-7H,8-10,14H2,1-2H3. The van der Waals surface area contributed by atoms with Gasteiger partial charge in [-0.1, -0.05) is 18.2 Å². The van der Waals surface area contributed by atoms with Gasteiger partial charge in [-0.15, -0.1) is 0 Å². The van der Waals surface area contributed by atoms with Crippen LogP contribution >= 0.6 is 0 Å². The summed E-state index contributed by atoms with van der Waals surface area (Å²) in [5, 5.41) is 0. The molecule has 0 bridgehead atoms. The summed E-state index contributed by atoms with van der Waals surface area (Å²) in [5.74, 6) is 0.471. The van der Waals surface area contributed by atoms with Gasteiger partial charge >= 0.3 is 5.97 Å². The highest BCUT2D eigenvalue weighted by Crippen LogP contribution is 2.14. The molecule has 0 aliphatic rings. The Balaban J connectivity index is 2.23. The Morgan fingerprint density at radius 3 is 2.47 bits per heavy atom. The van der Waals surface area contributed by atoms with Gasteiger partial charge in [0.05, 0.1) is 5.41 Å². The highest BCUT2D eigenvalue weighted by Gasteiger charge is 2.27. The molecule has 0 aliphatic carbocycles. The zero-order valence-electron chi connectivity index (χ0n) is 10.3. The summed E-state index contributed by atoms with van der Waals surface area (Å²) >= 11 is 0. The lowest BCUT2D eigenvalue weighted by atomic mass is 9.94. The number of benzene rings is 1. The number of esters is 1. The van der Waals surface area contributed by atoms with Gasteiger partial charge in [0.2, 0.25) is 0 Å². The molecule has 0 aromatic heterocycles. The molecule has 0 saturated carbocycles. The normalized spacial score (nSPS) is 11.0. The van der Waals surface area contributed by atoms with Crippen LogP contribution in [-0.2, 0) is 9.53 Å².